The van der Waals surface area contributed by atoms with E-state index in [1.165, 1.54) is 5.56 Å². The number of anilines is 1. The van der Waals surface area contributed by atoms with E-state index in [4.69, 9.17) is 4.74 Å². The molecule has 0 heterocycles. The zero-order chi connectivity index (χ0) is 21.8. The summed E-state index contributed by atoms with van der Waals surface area (Å²) in [5, 5.41) is 5.57. The van der Waals surface area contributed by atoms with Crippen LogP contribution >= 0.6 is 0 Å². The maximum absolute atomic E-state index is 12.3. The minimum Gasteiger partial charge on any atom is -0.466 e. The quantitative estimate of drug-likeness (QED) is 0.431. The first-order chi connectivity index (χ1) is 14.5. The third-order valence-electron chi connectivity index (χ3n) is 4.37. The maximum atomic E-state index is 12.3. The van der Waals surface area contributed by atoms with Crippen molar-refractivity contribution in [2.24, 2.45) is 0 Å². The number of benzene rings is 2. The van der Waals surface area contributed by atoms with E-state index < -0.39 is 0 Å². The van der Waals surface area contributed by atoms with Crippen molar-refractivity contribution >= 4 is 23.5 Å². The van der Waals surface area contributed by atoms with Crippen LogP contribution in [0, 0.1) is 0 Å². The molecule has 160 valence electrons. The third-order valence-corrected chi connectivity index (χ3v) is 4.37. The van der Waals surface area contributed by atoms with Gasteiger partial charge in [-0.05, 0) is 50.8 Å². The predicted molar refractivity (Wildman–Crippen MR) is 117 cm³/mol. The van der Waals surface area contributed by atoms with Crippen molar-refractivity contribution in [3.8, 4) is 0 Å². The van der Waals surface area contributed by atoms with Gasteiger partial charge in [0.05, 0.1) is 17.9 Å². The first-order valence-electron chi connectivity index (χ1n) is 10.3. The van der Waals surface area contributed by atoms with Gasteiger partial charge in [0.25, 0.3) is 5.91 Å². The van der Waals surface area contributed by atoms with Gasteiger partial charge >= 0.3 is 5.97 Å². The Labute approximate surface area is 178 Å². The summed E-state index contributed by atoms with van der Waals surface area (Å²) in [6, 6.07) is 16.9. The van der Waals surface area contributed by atoms with Crippen LogP contribution in [0.3, 0.4) is 0 Å². The molecule has 2 rings (SSSR count). The van der Waals surface area contributed by atoms with Gasteiger partial charge in [-0.25, -0.2) is 0 Å². The standard InChI is InChI=1S/C24H30N2O4/c1-18(2)25-24(29)20-13-6-7-14-21(20)26-22(27)15-8-16-23(28)30-17-9-12-19-10-4-3-5-11-19/h3-7,10-11,13-14,18H,8-9,12,15-17H2,1-2H3,(H,25,29)(H,26,27). The molecule has 6 heteroatoms. The number of carbonyl (C=O) groups excluding carboxylic acids is 3. The van der Waals surface area contributed by atoms with Crippen LogP contribution < -0.4 is 10.6 Å². The molecule has 6 nitrogen and oxygen atoms in total. The highest BCUT2D eigenvalue weighted by Crippen LogP contribution is 2.16. The highest BCUT2D eigenvalue weighted by molar-refractivity contribution is 6.03. The smallest absolute Gasteiger partial charge is 0.305 e. The summed E-state index contributed by atoms with van der Waals surface area (Å²) < 4.78 is 5.23. The first-order valence-corrected chi connectivity index (χ1v) is 10.3. The van der Waals surface area contributed by atoms with E-state index in [0.29, 0.717) is 24.3 Å². The van der Waals surface area contributed by atoms with Gasteiger partial charge < -0.3 is 15.4 Å². The Bertz CT molecular complexity index is 834. The highest BCUT2D eigenvalue weighted by Gasteiger charge is 2.14. The Kier molecular flexibility index (Phi) is 9.58. The zero-order valence-electron chi connectivity index (χ0n) is 17.6. The largest absolute Gasteiger partial charge is 0.466 e. The van der Waals surface area contributed by atoms with Crippen LogP contribution in [0.4, 0.5) is 5.69 Å². The van der Waals surface area contributed by atoms with E-state index in [9.17, 15) is 14.4 Å². The van der Waals surface area contributed by atoms with Crippen LogP contribution in [-0.4, -0.2) is 30.4 Å². The molecule has 2 N–H and O–H groups in total. The number of aryl methyl sites for hydroxylation is 1. The Morgan fingerprint density at radius 1 is 0.900 bits per heavy atom. The maximum Gasteiger partial charge on any atom is 0.305 e. The van der Waals surface area contributed by atoms with Crippen LogP contribution in [0.2, 0.25) is 0 Å². The first kappa shape index (κ1) is 23.1. The second kappa shape index (κ2) is 12.4. The van der Waals surface area contributed by atoms with Crippen LogP contribution in [0.25, 0.3) is 0 Å². The third kappa shape index (κ3) is 8.47. The molecule has 30 heavy (non-hydrogen) atoms. The summed E-state index contributed by atoms with van der Waals surface area (Å²) in [6.45, 7) is 4.12. The summed E-state index contributed by atoms with van der Waals surface area (Å²) in [6.07, 6.45) is 2.39. The number of amides is 2. The lowest BCUT2D eigenvalue weighted by molar-refractivity contribution is -0.143. The number of carbonyl (C=O) groups is 3. The SMILES string of the molecule is CC(C)NC(=O)c1ccccc1NC(=O)CCCC(=O)OCCCc1ccccc1. The summed E-state index contributed by atoms with van der Waals surface area (Å²) in [5.41, 5.74) is 2.09. The van der Waals surface area contributed by atoms with E-state index in [-0.39, 0.29) is 36.7 Å². The van der Waals surface area contributed by atoms with Crippen molar-refractivity contribution in [2.75, 3.05) is 11.9 Å². The molecule has 0 unspecified atom stereocenters. The molecule has 0 radical (unpaired) electrons. The van der Waals surface area contributed by atoms with E-state index >= 15 is 0 Å². The molecule has 0 aliphatic carbocycles. The molecular formula is C24H30N2O4. The molecule has 0 spiro atoms. The second-order valence-electron chi connectivity index (χ2n) is 7.39. The number of para-hydroxylation sites is 1. The molecule has 2 aromatic carbocycles. The van der Waals surface area contributed by atoms with E-state index in [0.717, 1.165) is 12.8 Å². The lowest BCUT2D eigenvalue weighted by Gasteiger charge is -2.13. The second-order valence-corrected chi connectivity index (χ2v) is 7.39. The van der Waals surface area contributed by atoms with Gasteiger partial charge in [-0.1, -0.05) is 42.5 Å². The Balaban J connectivity index is 1.67. The normalized spacial score (nSPS) is 10.5. The number of nitrogens with one attached hydrogen (secondary N) is 2. The summed E-state index contributed by atoms with van der Waals surface area (Å²) in [5.74, 6) is -0.774. The molecule has 0 aromatic heterocycles. The lowest BCUT2D eigenvalue weighted by Crippen LogP contribution is -2.31. The number of hydrogen-bond acceptors (Lipinski definition) is 4. The molecule has 0 aliphatic heterocycles. The molecule has 0 aliphatic rings. The summed E-state index contributed by atoms with van der Waals surface area (Å²) in [4.78, 5) is 36.3. The molecule has 0 atom stereocenters. The van der Waals surface area contributed by atoms with Gasteiger partial charge in [0.1, 0.15) is 0 Å². The Morgan fingerprint density at radius 3 is 2.33 bits per heavy atom. The predicted octanol–water partition coefficient (Wildman–Crippen LogP) is 4.11. The summed E-state index contributed by atoms with van der Waals surface area (Å²) in [7, 11) is 0. The van der Waals surface area contributed by atoms with Crippen LogP contribution in [0.1, 0.15) is 55.5 Å². The molecule has 0 saturated carbocycles. The molecule has 2 amide bonds. The lowest BCUT2D eigenvalue weighted by atomic mass is 10.1. The van der Waals surface area contributed by atoms with Gasteiger partial charge in [0, 0.05) is 18.9 Å². The van der Waals surface area contributed by atoms with Gasteiger partial charge in [-0.2, -0.15) is 0 Å². The van der Waals surface area contributed by atoms with Crippen molar-refractivity contribution in [2.45, 2.75) is 52.0 Å². The van der Waals surface area contributed by atoms with E-state index in [2.05, 4.69) is 10.6 Å². The fourth-order valence-electron chi connectivity index (χ4n) is 2.92. The Morgan fingerprint density at radius 2 is 1.60 bits per heavy atom. The topological polar surface area (TPSA) is 84.5 Å². The van der Waals surface area contributed by atoms with Crippen LogP contribution in [-0.2, 0) is 20.7 Å². The number of ether oxygens (including phenoxy) is 1. The average molecular weight is 411 g/mol. The van der Waals surface area contributed by atoms with Gasteiger partial charge in [0.15, 0.2) is 0 Å². The minimum absolute atomic E-state index is 0.0000343. The molecule has 2 aromatic rings. The van der Waals surface area contributed by atoms with Crippen molar-refractivity contribution in [1.82, 2.24) is 5.32 Å². The number of esters is 1. The minimum atomic E-state index is -0.299. The fraction of sp³-hybridized carbons (Fsp3) is 0.375. The molecule has 0 saturated heterocycles. The van der Waals surface area contributed by atoms with E-state index in [1.54, 1.807) is 24.3 Å². The van der Waals surface area contributed by atoms with Crippen LogP contribution in [0.5, 0.6) is 0 Å². The number of rotatable bonds is 11. The monoisotopic (exact) mass is 410 g/mol. The zero-order valence-corrected chi connectivity index (χ0v) is 17.6. The average Bonchev–Trinajstić information content (AvgIpc) is 2.72. The number of hydrogen-bond donors (Lipinski definition) is 2. The van der Waals surface area contributed by atoms with Crippen molar-refractivity contribution in [3.63, 3.8) is 0 Å². The summed E-state index contributed by atoms with van der Waals surface area (Å²) >= 11 is 0. The van der Waals surface area contributed by atoms with Gasteiger partial charge in [-0.3, -0.25) is 14.4 Å². The molecule has 0 fully saturated rings. The molecular weight excluding hydrogens is 380 g/mol. The van der Waals surface area contributed by atoms with E-state index in [1.807, 2.05) is 44.2 Å². The fourth-order valence-corrected chi connectivity index (χ4v) is 2.92. The van der Waals surface area contributed by atoms with Crippen molar-refractivity contribution < 1.29 is 19.1 Å². The molecule has 0 bridgehead atoms. The van der Waals surface area contributed by atoms with Crippen LogP contribution in [0.15, 0.2) is 54.6 Å². The van der Waals surface area contributed by atoms with Gasteiger partial charge in [-0.15, -0.1) is 0 Å². The van der Waals surface area contributed by atoms with Crippen molar-refractivity contribution in [1.29, 1.82) is 0 Å². The highest BCUT2D eigenvalue weighted by atomic mass is 16.5. The van der Waals surface area contributed by atoms with Gasteiger partial charge in [0.2, 0.25) is 5.91 Å². The Hall–Kier alpha value is -3.15. The van der Waals surface area contributed by atoms with Crippen molar-refractivity contribution in [3.05, 3.63) is 65.7 Å².